The van der Waals surface area contributed by atoms with Crippen LogP contribution in [0.4, 0.5) is 0 Å². The van der Waals surface area contributed by atoms with E-state index in [1.807, 2.05) is 11.9 Å². The predicted molar refractivity (Wildman–Crippen MR) is 89.6 cm³/mol. The molecule has 3 rings (SSSR count). The minimum atomic E-state index is -0.306. The van der Waals surface area contributed by atoms with Crippen LogP contribution < -0.4 is 5.73 Å². The number of nitrogens with two attached hydrogens (primary N) is 1. The van der Waals surface area contributed by atoms with Crippen LogP contribution in [0.15, 0.2) is 28.7 Å². The first-order valence-corrected chi connectivity index (χ1v) is 8.70. The van der Waals surface area contributed by atoms with Gasteiger partial charge in [0, 0.05) is 30.0 Å². The molecule has 120 valence electrons. The average Bonchev–Trinajstić information content (AvgIpc) is 3.14. The Morgan fingerprint density at radius 2 is 2.05 bits per heavy atom. The van der Waals surface area contributed by atoms with E-state index in [0.717, 1.165) is 36.7 Å². The summed E-state index contributed by atoms with van der Waals surface area (Å²) in [5.41, 5.74) is 7.08. The highest BCUT2D eigenvalue weighted by molar-refractivity contribution is 9.10. The zero-order valence-electron chi connectivity index (χ0n) is 12.9. The molecule has 0 unspecified atom stereocenters. The highest BCUT2D eigenvalue weighted by atomic mass is 79.9. The zero-order valence-corrected chi connectivity index (χ0v) is 14.5. The number of amides is 1. The maximum Gasteiger partial charge on any atom is 0.251 e. The summed E-state index contributed by atoms with van der Waals surface area (Å²) in [5.74, 6) is 0.0966. The van der Waals surface area contributed by atoms with Crippen LogP contribution in [-0.4, -0.2) is 43.2 Å². The fraction of sp³-hybridized carbons (Fsp3) is 0.588. The Bertz CT molecular complexity index is 542. The van der Waals surface area contributed by atoms with Crippen molar-refractivity contribution in [2.75, 3.05) is 20.1 Å². The van der Waals surface area contributed by atoms with Crippen molar-refractivity contribution >= 4 is 21.8 Å². The van der Waals surface area contributed by atoms with Crippen LogP contribution in [0, 0.1) is 0 Å². The van der Waals surface area contributed by atoms with Gasteiger partial charge in [-0.15, -0.1) is 0 Å². The van der Waals surface area contributed by atoms with Gasteiger partial charge < -0.3 is 15.4 Å². The van der Waals surface area contributed by atoms with Gasteiger partial charge in [0.05, 0.1) is 6.10 Å². The Kier molecular flexibility index (Phi) is 4.57. The van der Waals surface area contributed by atoms with Gasteiger partial charge in [-0.1, -0.05) is 28.1 Å². The van der Waals surface area contributed by atoms with Gasteiger partial charge in [-0.05, 0) is 43.4 Å². The Hall–Kier alpha value is -0.910. The summed E-state index contributed by atoms with van der Waals surface area (Å²) in [4.78, 5) is 14.4. The van der Waals surface area contributed by atoms with Crippen LogP contribution in [0.5, 0.6) is 0 Å². The van der Waals surface area contributed by atoms with Gasteiger partial charge in [0.25, 0.3) is 5.91 Å². The first kappa shape index (κ1) is 16.0. The van der Waals surface area contributed by atoms with Gasteiger partial charge in [0.15, 0.2) is 0 Å². The molecule has 1 aromatic carbocycles. The van der Waals surface area contributed by atoms with Gasteiger partial charge in [0.1, 0.15) is 6.10 Å². The number of halogens is 1. The topological polar surface area (TPSA) is 55.6 Å². The van der Waals surface area contributed by atoms with Crippen LogP contribution in [0.2, 0.25) is 0 Å². The van der Waals surface area contributed by atoms with E-state index in [2.05, 4.69) is 40.2 Å². The molecule has 1 heterocycles. The average molecular weight is 367 g/mol. The maximum atomic E-state index is 12.6. The fourth-order valence-electron chi connectivity index (χ4n) is 3.33. The molecule has 2 fully saturated rings. The number of hydrogen-bond donors (Lipinski definition) is 1. The molecule has 1 aliphatic heterocycles. The Morgan fingerprint density at radius 1 is 1.36 bits per heavy atom. The Balaban J connectivity index is 1.63. The van der Waals surface area contributed by atoms with E-state index in [4.69, 9.17) is 10.5 Å². The molecule has 2 aliphatic rings. The summed E-state index contributed by atoms with van der Waals surface area (Å²) in [6.07, 6.45) is 3.70. The molecule has 1 aliphatic carbocycles. The maximum absolute atomic E-state index is 12.6. The molecule has 0 radical (unpaired) electrons. The summed E-state index contributed by atoms with van der Waals surface area (Å²) >= 11 is 3.47. The van der Waals surface area contributed by atoms with Crippen LogP contribution in [0.1, 0.15) is 31.2 Å². The van der Waals surface area contributed by atoms with Crippen molar-refractivity contribution in [1.29, 1.82) is 0 Å². The molecule has 2 atom stereocenters. The summed E-state index contributed by atoms with van der Waals surface area (Å²) in [5, 5.41) is 0. The molecular weight excluding hydrogens is 344 g/mol. The SMILES string of the molecule is CN(CC1(c2ccc(Br)cc2)CC1)C(=O)[C@@H]1CC[C@H](CN)O1. The summed E-state index contributed by atoms with van der Waals surface area (Å²) in [7, 11) is 1.89. The molecule has 1 aromatic rings. The monoisotopic (exact) mass is 366 g/mol. The Morgan fingerprint density at radius 3 is 2.59 bits per heavy atom. The normalized spacial score (nSPS) is 26.0. The lowest BCUT2D eigenvalue weighted by molar-refractivity contribution is -0.141. The summed E-state index contributed by atoms with van der Waals surface area (Å²) in [6, 6.07) is 8.46. The molecule has 1 saturated heterocycles. The number of carbonyl (C=O) groups excluding carboxylic acids is 1. The number of carbonyl (C=O) groups is 1. The van der Waals surface area contributed by atoms with Gasteiger partial charge in [-0.3, -0.25) is 4.79 Å². The van der Waals surface area contributed by atoms with E-state index in [9.17, 15) is 4.79 Å². The minimum absolute atomic E-state index is 0.0451. The molecular formula is C17H23BrN2O2. The molecule has 1 saturated carbocycles. The third kappa shape index (κ3) is 3.21. The van der Waals surface area contributed by atoms with Crippen molar-refractivity contribution in [3.05, 3.63) is 34.3 Å². The largest absolute Gasteiger partial charge is 0.364 e. The molecule has 0 aromatic heterocycles. The van der Waals surface area contributed by atoms with Crippen molar-refractivity contribution in [2.24, 2.45) is 5.73 Å². The van der Waals surface area contributed by atoms with Crippen LogP contribution in [-0.2, 0) is 14.9 Å². The number of hydrogen-bond acceptors (Lipinski definition) is 3. The van der Waals surface area contributed by atoms with Crippen LogP contribution >= 0.6 is 15.9 Å². The van der Waals surface area contributed by atoms with E-state index in [-0.39, 0.29) is 23.5 Å². The lowest BCUT2D eigenvalue weighted by atomic mass is 9.95. The second kappa shape index (κ2) is 6.30. The van der Waals surface area contributed by atoms with Crippen LogP contribution in [0.3, 0.4) is 0 Å². The molecule has 1 amide bonds. The second-order valence-corrected chi connectivity index (χ2v) is 7.46. The summed E-state index contributed by atoms with van der Waals surface area (Å²) < 4.78 is 6.81. The van der Waals surface area contributed by atoms with E-state index in [0.29, 0.717) is 6.54 Å². The molecule has 0 spiro atoms. The van der Waals surface area contributed by atoms with Gasteiger partial charge in [-0.25, -0.2) is 0 Å². The minimum Gasteiger partial charge on any atom is -0.364 e. The number of likely N-dealkylation sites (N-methyl/N-ethyl adjacent to an activating group) is 1. The summed E-state index contributed by atoms with van der Waals surface area (Å²) in [6.45, 7) is 1.26. The van der Waals surface area contributed by atoms with Crippen molar-refractivity contribution in [3.63, 3.8) is 0 Å². The lowest BCUT2D eigenvalue weighted by Crippen LogP contribution is -2.41. The first-order valence-electron chi connectivity index (χ1n) is 7.91. The number of benzene rings is 1. The predicted octanol–water partition coefficient (Wildman–Crippen LogP) is 2.45. The van der Waals surface area contributed by atoms with Crippen molar-refractivity contribution < 1.29 is 9.53 Å². The van der Waals surface area contributed by atoms with E-state index >= 15 is 0 Å². The molecule has 2 N–H and O–H groups in total. The molecule has 0 bridgehead atoms. The van der Waals surface area contributed by atoms with Gasteiger partial charge in [-0.2, -0.15) is 0 Å². The van der Waals surface area contributed by atoms with Gasteiger partial charge >= 0.3 is 0 Å². The van der Waals surface area contributed by atoms with Crippen molar-refractivity contribution in [1.82, 2.24) is 4.90 Å². The highest BCUT2D eigenvalue weighted by Crippen LogP contribution is 2.48. The lowest BCUT2D eigenvalue weighted by Gasteiger charge is -2.26. The number of nitrogens with zero attached hydrogens (tertiary/aromatic N) is 1. The van der Waals surface area contributed by atoms with Crippen molar-refractivity contribution in [2.45, 2.75) is 43.3 Å². The smallest absolute Gasteiger partial charge is 0.251 e. The number of ether oxygens (including phenoxy) is 1. The van der Waals surface area contributed by atoms with Gasteiger partial charge in [0.2, 0.25) is 0 Å². The molecule has 4 nitrogen and oxygen atoms in total. The zero-order chi connectivity index (χ0) is 15.7. The highest BCUT2D eigenvalue weighted by Gasteiger charge is 2.46. The molecule has 22 heavy (non-hydrogen) atoms. The quantitative estimate of drug-likeness (QED) is 0.870. The van der Waals surface area contributed by atoms with Crippen LogP contribution in [0.25, 0.3) is 0 Å². The third-order valence-corrected chi connectivity index (χ3v) is 5.40. The Labute approximate surface area is 140 Å². The first-order chi connectivity index (χ1) is 10.5. The second-order valence-electron chi connectivity index (χ2n) is 6.54. The van der Waals surface area contributed by atoms with Crippen molar-refractivity contribution in [3.8, 4) is 0 Å². The van der Waals surface area contributed by atoms with E-state index in [1.165, 1.54) is 5.56 Å². The van der Waals surface area contributed by atoms with E-state index in [1.54, 1.807) is 0 Å². The fourth-order valence-corrected chi connectivity index (χ4v) is 3.60. The van der Waals surface area contributed by atoms with E-state index < -0.39 is 0 Å². The standard InChI is InChI=1S/C17H23BrN2O2/c1-20(16(21)15-7-6-14(10-19)22-15)11-17(8-9-17)12-2-4-13(18)5-3-12/h2-5,14-15H,6-11,19H2,1H3/t14-,15+/m1/s1. The molecule has 5 heteroatoms. The number of rotatable bonds is 5. The third-order valence-electron chi connectivity index (χ3n) is 4.87.